The van der Waals surface area contributed by atoms with Crippen LogP contribution in [0.2, 0.25) is 0 Å². The van der Waals surface area contributed by atoms with Gasteiger partial charge in [0, 0.05) is 0 Å². The van der Waals surface area contributed by atoms with E-state index < -0.39 is 0 Å². The third-order valence-electron chi connectivity index (χ3n) is 2.92. The van der Waals surface area contributed by atoms with Gasteiger partial charge in [0.2, 0.25) is 0 Å². The molecule has 0 aromatic rings. The van der Waals surface area contributed by atoms with Crippen LogP contribution >= 0.6 is 0 Å². The molecule has 1 rings (SSSR count). The highest BCUT2D eigenvalue weighted by Gasteiger charge is 2.30. The molecular formula is C10H20. The highest BCUT2D eigenvalue weighted by Crippen LogP contribution is 2.41. The Morgan fingerprint density at radius 1 is 1.10 bits per heavy atom. The summed E-state index contributed by atoms with van der Waals surface area (Å²) in [6.45, 7) is 9.49. The maximum absolute atomic E-state index is 2.38. The van der Waals surface area contributed by atoms with Crippen LogP contribution in [0.5, 0.6) is 0 Å². The fraction of sp³-hybridized carbons (Fsp3) is 1.00. The van der Waals surface area contributed by atoms with Crippen molar-refractivity contribution in [3.05, 3.63) is 0 Å². The predicted octanol–water partition coefficient (Wildman–Crippen LogP) is 3.47. The minimum atomic E-state index is 0.560. The second kappa shape index (κ2) is 2.56. The Kier molecular flexibility index (Phi) is 2.07. The number of hydrogen-bond donors (Lipinski definition) is 0. The van der Waals surface area contributed by atoms with E-state index in [-0.39, 0.29) is 0 Å². The number of rotatable bonds is 0. The zero-order chi connectivity index (χ0) is 7.78. The van der Waals surface area contributed by atoms with E-state index in [1.54, 1.807) is 0 Å². The maximum atomic E-state index is 2.38. The Labute approximate surface area is 65.0 Å². The Hall–Kier alpha value is 0. The highest BCUT2D eigenvalue weighted by molar-refractivity contribution is 4.81. The molecule has 2 atom stereocenters. The molecule has 60 valence electrons. The number of hydrogen-bond acceptors (Lipinski definition) is 0. The van der Waals surface area contributed by atoms with Gasteiger partial charge in [-0.25, -0.2) is 0 Å². The van der Waals surface area contributed by atoms with Gasteiger partial charge in [-0.15, -0.1) is 0 Å². The van der Waals surface area contributed by atoms with Gasteiger partial charge in [-0.3, -0.25) is 0 Å². The van der Waals surface area contributed by atoms with Gasteiger partial charge >= 0.3 is 0 Å². The smallest absolute Gasteiger partial charge is 0.0354 e. The van der Waals surface area contributed by atoms with Crippen LogP contribution in [0.1, 0.15) is 47.0 Å². The largest absolute Gasteiger partial charge is 0.0625 e. The molecule has 1 saturated carbocycles. The Morgan fingerprint density at radius 3 is 1.90 bits per heavy atom. The van der Waals surface area contributed by atoms with Gasteiger partial charge in [-0.2, -0.15) is 0 Å². The van der Waals surface area contributed by atoms with E-state index >= 15 is 0 Å². The molecule has 0 amide bonds. The maximum Gasteiger partial charge on any atom is -0.0354 e. The van der Waals surface area contributed by atoms with Crippen molar-refractivity contribution in [1.82, 2.24) is 0 Å². The Morgan fingerprint density at radius 2 is 1.70 bits per heavy atom. The molecule has 0 spiro atoms. The van der Waals surface area contributed by atoms with Gasteiger partial charge < -0.3 is 0 Å². The zero-order valence-electron chi connectivity index (χ0n) is 7.78. The first-order valence-electron chi connectivity index (χ1n) is 4.50. The summed E-state index contributed by atoms with van der Waals surface area (Å²) in [6.07, 6.45) is 4.39. The van der Waals surface area contributed by atoms with Crippen LogP contribution in [0.4, 0.5) is 0 Å². The Bertz CT molecular complexity index is 108. The van der Waals surface area contributed by atoms with Crippen molar-refractivity contribution < 1.29 is 0 Å². The average molecular weight is 140 g/mol. The molecule has 1 fully saturated rings. The topological polar surface area (TPSA) is 0 Å². The summed E-state index contributed by atoms with van der Waals surface area (Å²) in [4.78, 5) is 0. The first-order chi connectivity index (χ1) is 4.50. The summed E-state index contributed by atoms with van der Waals surface area (Å²) in [5.74, 6) is 1.98. The van der Waals surface area contributed by atoms with Crippen LogP contribution in [0, 0.1) is 17.3 Å². The molecule has 0 heteroatoms. The highest BCUT2D eigenvalue weighted by atomic mass is 14.4. The normalized spacial score (nSPS) is 34.8. The quantitative estimate of drug-likeness (QED) is 0.483. The molecule has 0 saturated heterocycles. The van der Waals surface area contributed by atoms with E-state index in [1.165, 1.54) is 19.3 Å². The van der Waals surface area contributed by atoms with Gasteiger partial charge in [0.05, 0.1) is 0 Å². The molecule has 0 aliphatic heterocycles. The molecule has 0 aromatic carbocycles. The van der Waals surface area contributed by atoms with Crippen molar-refractivity contribution in [1.29, 1.82) is 0 Å². The molecule has 0 bridgehead atoms. The average Bonchev–Trinajstić information content (AvgIpc) is 2.11. The minimum absolute atomic E-state index is 0.560. The van der Waals surface area contributed by atoms with E-state index in [0.29, 0.717) is 5.41 Å². The SMILES string of the molecule is C[C@H]1CC[C@H](C(C)(C)C)C1. The molecule has 0 aromatic heterocycles. The lowest BCUT2D eigenvalue weighted by Gasteiger charge is -2.26. The van der Waals surface area contributed by atoms with Crippen LogP contribution in [0.15, 0.2) is 0 Å². The first-order valence-corrected chi connectivity index (χ1v) is 4.50. The molecule has 0 N–H and O–H groups in total. The standard InChI is InChI=1S/C10H20/c1-8-5-6-9(7-8)10(2,3)4/h8-9H,5-7H2,1-4H3/t8-,9-/m0/s1. The summed E-state index contributed by atoms with van der Waals surface area (Å²) in [6, 6.07) is 0. The monoisotopic (exact) mass is 140 g/mol. The summed E-state index contributed by atoms with van der Waals surface area (Å²) in [7, 11) is 0. The van der Waals surface area contributed by atoms with E-state index in [2.05, 4.69) is 27.7 Å². The summed E-state index contributed by atoms with van der Waals surface area (Å²) >= 11 is 0. The molecule has 0 heterocycles. The second-order valence-electron chi connectivity index (χ2n) is 4.98. The van der Waals surface area contributed by atoms with Crippen molar-refractivity contribution in [3.8, 4) is 0 Å². The van der Waals surface area contributed by atoms with Gasteiger partial charge in [0.1, 0.15) is 0 Å². The lowest BCUT2D eigenvalue weighted by molar-refractivity contribution is 0.240. The summed E-state index contributed by atoms with van der Waals surface area (Å²) in [5, 5.41) is 0. The van der Waals surface area contributed by atoms with Crippen molar-refractivity contribution >= 4 is 0 Å². The lowest BCUT2D eigenvalue weighted by atomic mass is 9.79. The molecule has 0 nitrogen and oxygen atoms in total. The van der Waals surface area contributed by atoms with Crippen molar-refractivity contribution in [3.63, 3.8) is 0 Å². The van der Waals surface area contributed by atoms with Crippen LogP contribution in [-0.4, -0.2) is 0 Å². The lowest BCUT2D eigenvalue weighted by Crippen LogP contribution is -2.17. The van der Waals surface area contributed by atoms with Gasteiger partial charge in [0.15, 0.2) is 0 Å². The molecule has 1 aliphatic carbocycles. The van der Waals surface area contributed by atoms with E-state index in [9.17, 15) is 0 Å². The van der Waals surface area contributed by atoms with Crippen molar-refractivity contribution in [2.75, 3.05) is 0 Å². The predicted molar refractivity (Wildman–Crippen MR) is 46.0 cm³/mol. The van der Waals surface area contributed by atoms with E-state index in [0.717, 1.165) is 11.8 Å². The van der Waals surface area contributed by atoms with Crippen LogP contribution in [0.25, 0.3) is 0 Å². The fourth-order valence-electron chi connectivity index (χ4n) is 1.99. The Balaban J connectivity index is 2.45. The van der Waals surface area contributed by atoms with Crippen LogP contribution < -0.4 is 0 Å². The fourth-order valence-corrected chi connectivity index (χ4v) is 1.99. The third kappa shape index (κ3) is 1.74. The van der Waals surface area contributed by atoms with Gasteiger partial charge in [-0.05, 0) is 30.1 Å². The molecule has 0 radical (unpaired) electrons. The van der Waals surface area contributed by atoms with Gasteiger partial charge in [-0.1, -0.05) is 34.1 Å². The minimum Gasteiger partial charge on any atom is -0.0625 e. The summed E-state index contributed by atoms with van der Waals surface area (Å²) in [5.41, 5.74) is 0.560. The van der Waals surface area contributed by atoms with Crippen molar-refractivity contribution in [2.24, 2.45) is 17.3 Å². The molecular weight excluding hydrogens is 120 g/mol. The first kappa shape index (κ1) is 8.10. The molecule has 10 heavy (non-hydrogen) atoms. The van der Waals surface area contributed by atoms with Crippen LogP contribution in [0.3, 0.4) is 0 Å². The van der Waals surface area contributed by atoms with E-state index in [1.807, 2.05) is 0 Å². The zero-order valence-corrected chi connectivity index (χ0v) is 7.78. The summed E-state index contributed by atoms with van der Waals surface area (Å²) < 4.78 is 0. The van der Waals surface area contributed by atoms with Gasteiger partial charge in [0.25, 0.3) is 0 Å². The molecule has 1 aliphatic rings. The third-order valence-corrected chi connectivity index (χ3v) is 2.92. The van der Waals surface area contributed by atoms with E-state index in [4.69, 9.17) is 0 Å². The van der Waals surface area contributed by atoms with Crippen LogP contribution in [-0.2, 0) is 0 Å². The van der Waals surface area contributed by atoms with Crippen molar-refractivity contribution in [2.45, 2.75) is 47.0 Å². The second-order valence-corrected chi connectivity index (χ2v) is 4.98. The molecule has 0 unspecified atom stereocenters.